The molecule has 0 fully saturated rings. The van der Waals surface area contributed by atoms with Crippen molar-refractivity contribution in [2.24, 2.45) is 0 Å². The first-order chi connectivity index (χ1) is 22.0. The van der Waals surface area contributed by atoms with Crippen LogP contribution in [0.4, 0.5) is 10.1 Å². The average Bonchev–Trinajstić information content (AvgIpc) is 3.51. The van der Waals surface area contributed by atoms with Gasteiger partial charge in [0.1, 0.15) is 11.5 Å². The van der Waals surface area contributed by atoms with Crippen molar-refractivity contribution in [2.75, 3.05) is 17.1 Å². The van der Waals surface area contributed by atoms with Gasteiger partial charge in [-0.15, -0.1) is 5.10 Å². The lowest BCUT2D eigenvalue weighted by molar-refractivity contribution is 0.0940. The van der Waals surface area contributed by atoms with E-state index in [-0.39, 0.29) is 17.9 Å². The number of aromatic nitrogens is 3. The summed E-state index contributed by atoms with van der Waals surface area (Å²) in [5.41, 5.74) is 2.22. The molecule has 47 heavy (non-hydrogen) atoms. The minimum absolute atomic E-state index is 0.201. The smallest absolute Gasteiger partial charge is 0.251 e. The molecule has 252 valence electrons. The Kier molecular flexibility index (Phi) is 11.0. The number of amides is 1. The molecular formula is C34H43FN6O4S2. The first-order valence-corrected chi connectivity index (χ1v) is 18.4. The lowest BCUT2D eigenvalue weighted by Gasteiger charge is -2.32. The van der Waals surface area contributed by atoms with Crippen molar-refractivity contribution in [3.05, 3.63) is 107 Å². The highest BCUT2D eigenvalue weighted by Crippen LogP contribution is 2.29. The summed E-state index contributed by atoms with van der Waals surface area (Å²) < 4.78 is 58.0. The fraction of sp³-hybridized carbons (Fsp3) is 0.382. The number of halogens is 1. The van der Waals surface area contributed by atoms with Gasteiger partial charge in [0.05, 0.1) is 51.1 Å². The quantitative estimate of drug-likeness (QED) is 0.190. The average molecular weight is 683 g/mol. The minimum atomic E-state index is -3.69. The molecule has 4 aromatic rings. The monoisotopic (exact) mass is 682 g/mol. The van der Waals surface area contributed by atoms with Crippen molar-refractivity contribution >= 4 is 32.6 Å². The molecule has 0 radical (unpaired) electrons. The van der Waals surface area contributed by atoms with Crippen molar-refractivity contribution in [3.8, 4) is 5.69 Å². The molecule has 3 aromatic carbocycles. The largest absolute Gasteiger partial charge is 0.346 e. The second-order valence-electron chi connectivity index (χ2n) is 12.8. The molecule has 0 aliphatic rings. The number of hydrogen-bond acceptors (Lipinski definition) is 6. The lowest BCUT2D eigenvalue weighted by atomic mass is 9.91. The molecule has 0 aliphatic heterocycles. The van der Waals surface area contributed by atoms with Crippen LogP contribution in [0.2, 0.25) is 0 Å². The Labute approximate surface area is 279 Å². The summed E-state index contributed by atoms with van der Waals surface area (Å²) in [6, 6.07) is 19.9. The summed E-state index contributed by atoms with van der Waals surface area (Å²) in [7, 11) is -5.14. The van der Waals surface area contributed by atoms with Crippen LogP contribution in [0.3, 0.4) is 0 Å². The summed E-state index contributed by atoms with van der Waals surface area (Å²) in [5.74, 6) is -0.834. The lowest BCUT2D eigenvalue weighted by Crippen LogP contribution is -2.47. The van der Waals surface area contributed by atoms with Gasteiger partial charge >= 0.3 is 0 Å². The molecule has 13 heteroatoms. The number of nitrogens with one attached hydrogen (secondary N) is 2. The van der Waals surface area contributed by atoms with Crippen LogP contribution < -0.4 is 14.3 Å². The van der Waals surface area contributed by atoms with Crippen LogP contribution in [0.5, 0.6) is 0 Å². The highest BCUT2D eigenvalue weighted by Gasteiger charge is 2.35. The van der Waals surface area contributed by atoms with E-state index in [0.717, 1.165) is 11.8 Å². The molecule has 1 aromatic heterocycles. The van der Waals surface area contributed by atoms with Crippen molar-refractivity contribution in [1.29, 1.82) is 0 Å². The summed E-state index contributed by atoms with van der Waals surface area (Å²) in [5, 5.41) is 11.8. The number of nitrogens with zero attached hydrogens (tertiary/aromatic N) is 4. The zero-order valence-corrected chi connectivity index (χ0v) is 29.5. The maximum atomic E-state index is 13.6. The molecule has 1 heterocycles. The zero-order chi connectivity index (χ0) is 34.6. The van der Waals surface area contributed by atoms with E-state index in [0.29, 0.717) is 35.5 Å². The first kappa shape index (κ1) is 35.9. The molecule has 2 N–H and O–H groups in total. The summed E-state index contributed by atoms with van der Waals surface area (Å²) >= 11 is 0. The third kappa shape index (κ3) is 9.11. The number of benzene rings is 3. The van der Waals surface area contributed by atoms with Crippen molar-refractivity contribution in [3.63, 3.8) is 0 Å². The van der Waals surface area contributed by atoms with Crippen molar-refractivity contribution < 1.29 is 21.8 Å². The number of sulfonamides is 1. The Morgan fingerprint density at radius 3 is 2.30 bits per heavy atom. The highest BCUT2D eigenvalue weighted by atomic mass is 32.2. The molecule has 1 amide bonds. The van der Waals surface area contributed by atoms with Gasteiger partial charge in [-0.1, -0.05) is 54.6 Å². The van der Waals surface area contributed by atoms with E-state index in [1.54, 1.807) is 37.4 Å². The van der Waals surface area contributed by atoms with Gasteiger partial charge in [-0.3, -0.25) is 9.10 Å². The standard InChI is InChI=1S/C34H43FN6O4S2/c1-8-18-41(47(7,44)45)30-20-27(32(42)36-24(2)26-14-16-28(35)17-15-26)19-29(21-30)40-23-31(37-39-40)34(6,38-46(43)33(3,4)5)22-25-12-10-9-11-13-25/h9-17,19-21,23-24,38H,8,18,22H2,1-7H3,(H,36,42). The SMILES string of the molecule is CCCN(c1cc(C(=O)NC(C)c2ccc(F)cc2)cc(-n2cc(C(C)(Cc3ccccc3)NS(=O)C(C)(C)C)nn2)c1)S(C)(=O)=O. The zero-order valence-electron chi connectivity index (χ0n) is 27.8. The molecule has 0 aliphatic carbocycles. The van der Waals surface area contributed by atoms with Crippen LogP contribution in [0.1, 0.15) is 81.2 Å². The Bertz CT molecular complexity index is 1830. The Morgan fingerprint density at radius 1 is 1.04 bits per heavy atom. The molecule has 4 rings (SSSR count). The number of anilines is 1. The number of hydrogen-bond donors (Lipinski definition) is 2. The molecule has 3 atom stereocenters. The number of carbonyl (C=O) groups excluding carboxylic acids is 1. The third-order valence-electron chi connectivity index (χ3n) is 7.60. The first-order valence-electron chi connectivity index (χ1n) is 15.4. The van der Waals surface area contributed by atoms with E-state index >= 15 is 0 Å². The van der Waals surface area contributed by atoms with Crippen LogP contribution in [0.25, 0.3) is 5.69 Å². The van der Waals surface area contributed by atoms with Gasteiger partial charge in [0, 0.05) is 12.1 Å². The second-order valence-corrected chi connectivity index (χ2v) is 16.7. The van der Waals surface area contributed by atoms with Gasteiger partial charge in [-0.05, 0) is 88.9 Å². The summed E-state index contributed by atoms with van der Waals surface area (Å²) in [4.78, 5) is 13.6. The highest BCUT2D eigenvalue weighted by molar-refractivity contribution is 7.92. The molecular weight excluding hydrogens is 640 g/mol. The fourth-order valence-electron chi connectivity index (χ4n) is 4.99. The van der Waals surface area contributed by atoms with Crippen molar-refractivity contribution in [1.82, 2.24) is 25.0 Å². The third-order valence-corrected chi connectivity index (χ3v) is 10.5. The molecule has 0 saturated carbocycles. The van der Waals surface area contributed by atoms with E-state index in [2.05, 4.69) is 20.4 Å². The number of carbonyl (C=O) groups is 1. The van der Waals surface area contributed by atoms with Crippen LogP contribution in [0, 0.1) is 5.82 Å². The Hall–Kier alpha value is -3.94. The van der Waals surface area contributed by atoms with Gasteiger partial charge in [-0.2, -0.15) is 0 Å². The van der Waals surface area contributed by atoms with E-state index < -0.39 is 43.2 Å². The van der Waals surface area contributed by atoms with Gasteiger partial charge in [0.2, 0.25) is 10.0 Å². The Balaban J connectivity index is 1.78. The predicted octanol–water partition coefficient (Wildman–Crippen LogP) is 5.58. The fourth-order valence-corrected chi connectivity index (χ4v) is 6.89. The van der Waals surface area contributed by atoms with Crippen molar-refractivity contribution in [2.45, 2.75) is 70.7 Å². The maximum absolute atomic E-state index is 13.6. The normalized spacial score (nSPS) is 14.6. The molecule has 0 spiro atoms. The topological polar surface area (TPSA) is 126 Å². The minimum Gasteiger partial charge on any atom is -0.346 e. The second kappa shape index (κ2) is 14.4. The number of rotatable bonds is 13. The van der Waals surface area contributed by atoms with E-state index in [1.807, 2.05) is 65.0 Å². The molecule has 0 saturated heterocycles. The summed E-state index contributed by atoms with van der Waals surface area (Å²) in [6.45, 7) is 11.4. The van der Waals surface area contributed by atoms with Crippen LogP contribution in [0.15, 0.2) is 79.0 Å². The Morgan fingerprint density at radius 2 is 1.70 bits per heavy atom. The van der Waals surface area contributed by atoms with Crippen LogP contribution in [-0.4, -0.2) is 51.1 Å². The predicted molar refractivity (Wildman–Crippen MR) is 185 cm³/mol. The summed E-state index contributed by atoms with van der Waals surface area (Å²) in [6.07, 6.45) is 3.82. The van der Waals surface area contributed by atoms with Gasteiger partial charge in [0.15, 0.2) is 0 Å². The van der Waals surface area contributed by atoms with Gasteiger partial charge in [0.25, 0.3) is 5.91 Å². The molecule has 10 nitrogen and oxygen atoms in total. The van der Waals surface area contributed by atoms with Gasteiger partial charge < -0.3 is 5.32 Å². The molecule has 3 unspecified atom stereocenters. The maximum Gasteiger partial charge on any atom is 0.251 e. The van der Waals surface area contributed by atoms with E-state index in [1.165, 1.54) is 27.2 Å². The van der Waals surface area contributed by atoms with Crippen LogP contribution in [-0.2, 0) is 33.0 Å². The van der Waals surface area contributed by atoms with E-state index in [9.17, 15) is 21.8 Å². The molecule has 0 bridgehead atoms. The van der Waals surface area contributed by atoms with Crippen LogP contribution >= 0.6 is 0 Å². The van der Waals surface area contributed by atoms with Gasteiger partial charge in [-0.25, -0.2) is 26.4 Å². The van der Waals surface area contributed by atoms with E-state index in [4.69, 9.17) is 0 Å².